The van der Waals surface area contributed by atoms with Crippen molar-refractivity contribution in [1.29, 1.82) is 0 Å². The Morgan fingerprint density at radius 2 is 1.32 bits per heavy atom. The number of methoxy groups -OCH3 is 1. The summed E-state index contributed by atoms with van der Waals surface area (Å²) in [5.74, 6) is 0.895. The lowest BCUT2D eigenvalue weighted by molar-refractivity contribution is 0.414. The molecule has 0 aliphatic carbocycles. The number of hydrogen-bond donors (Lipinski definition) is 1. The van der Waals surface area contributed by atoms with Crippen LogP contribution in [-0.2, 0) is 0 Å². The molecule has 0 aliphatic rings. The summed E-state index contributed by atoms with van der Waals surface area (Å²) < 4.78 is 5.18. The van der Waals surface area contributed by atoms with E-state index in [1.54, 1.807) is 7.11 Å². The Morgan fingerprint density at radius 1 is 0.789 bits per heavy atom. The van der Waals surface area contributed by atoms with Crippen LogP contribution in [0, 0.1) is 0 Å². The molecule has 2 aromatic carbocycles. The van der Waals surface area contributed by atoms with Gasteiger partial charge in [-0.1, -0.05) is 42.5 Å². The zero-order chi connectivity index (χ0) is 13.7. The number of benzene rings is 2. The van der Waals surface area contributed by atoms with Crippen LogP contribution >= 0.6 is 0 Å². The molecule has 2 heteroatoms. The molecule has 0 saturated heterocycles. The van der Waals surface area contributed by atoms with Gasteiger partial charge in [0.2, 0.25) is 0 Å². The van der Waals surface area contributed by atoms with Crippen molar-refractivity contribution in [2.45, 2.75) is 25.9 Å². The topological polar surface area (TPSA) is 21.3 Å². The minimum atomic E-state index is 0.307. The Hall–Kier alpha value is -1.80. The quantitative estimate of drug-likeness (QED) is 0.868. The van der Waals surface area contributed by atoms with Gasteiger partial charge in [-0.05, 0) is 37.1 Å². The number of ether oxygens (including phenoxy) is 1. The average Bonchev–Trinajstić information content (AvgIpc) is 2.48. The van der Waals surface area contributed by atoms with Crippen molar-refractivity contribution in [3.63, 3.8) is 0 Å². The molecule has 0 heterocycles. The summed E-state index contributed by atoms with van der Waals surface area (Å²) in [4.78, 5) is 0. The normalized spacial score (nSPS) is 13.8. The van der Waals surface area contributed by atoms with Gasteiger partial charge in [-0.15, -0.1) is 0 Å². The fourth-order valence-electron chi connectivity index (χ4n) is 2.20. The lowest BCUT2D eigenvalue weighted by Gasteiger charge is -2.21. The van der Waals surface area contributed by atoms with Crippen LogP contribution in [0.3, 0.4) is 0 Å². The summed E-state index contributed by atoms with van der Waals surface area (Å²) in [6, 6.07) is 19.3. The summed E-state index contributed by atoms with van der Waals surface area (Å²) in [5, 5.41) is 3.61. The second kappa shape index (κ2) is 6.39. The lowest BCUT2D eigenvalue weighted by atomic mass is 10.0. The highest BCUT2D eigenvalue weighted by atomic mass is 16.5. The molecule has 0 saturated carbocycles. The fraction of sp³-hybridized carbons (Fsp3) is 0.294. The first-order valence-electron chi connectivity index (χ1n) is 6.65. The van der Waals surface area contributed by atoms with Crippen LogP contribution in [0.2, 0.25) is 0 Å². The maximum Gasteiger partial charge on any atom is 0.118 e. The lowest BCUT2D eigenvalue weighted by Crippen LogP contribution is -2.22. The van der Waals surface area contributed by atoms with Gasteiger partial charge < -0.3 is 10.1 Å². The highest BCUT2D eigenvalue weighted by molar-refractivity contribution is 5.29. The van der Waals surface area contributed by atoms with E-state index in [9.17, 15) is 0 Å². The molecule has 2 aromatic rings. The number of rotatable bonds is 5. The van der Waals surface area contributed by atoms with E-state index in [1.165, 1.54) is 11.1 Å². The summed E-state index contributed by atoms with van der Waals surface area (Å²) in [7, 11) is 1.69. The van der Waals surface area contributed by atoms with Crippen LogP contribution in [0.5, 0.6) is 5.75 Å². The van der Waals surface area contributed by atoms with Crippen LogP contribution in [0.25, 0.3) is 0 Å². The van der Waals surface area contributed by atoms with Gasteiger partial charge in [-0.2, -0.15) is 0 Å². The molecule has 0 amide bonds. The van der Waals surface area contributed by atoms with Crippen molar-refractivity contribution >= 4 is 0 Å². The molecule has 100 valence electrons. The molecule has 1 unspecified atom stereocenters. The van der Waals surface area contributed by atoms with Gasteiger partial charge in [0.25, 0.3) is 0 Å². The van der Waals surface area contributed by atoms with Crippen LogP contribution in [0.1, 0.15) is 37.1 Å². The molecule has 2 nitrogen and oxygen atoms in total. The first kappa shape index (κ1) is 13.6. The summed E-state index contributed by atoms with van der Waals surface area (Å²) in [6.45, 7) is 4.37. The SMILES string of the molecule is COc1ccc([C@H](C)NC(C)c2ccccc2)cc1. The van der Waals surface area contributed by atoms with Gasteiger partial charge in [-0.3, -0.25) is 0 Å². The molecule has 0 spiro atoms. The van der Waals surface area contributed by atoms with E-state index in [0.717, 1.165) is 5.75 Å². The molecule has 0 radical (unpaired) electrons. The molecule has 2 atom stereocenters. The van der Waals surface area contributed by atoms with Gasteiger partial charge in [0, 0.05) is 12.1 Å². The van der Waals surface area contributed by atoms with Crippen LogP contribution in [-0.4, -0.2) is 7.11 Å². The maximum absolute atomic E-state index is 5.18. The monoisotopic (exact) mass is 255 g/mol. The standard InChI is InChI=1S/C17H21NO/c1-13(15-7-5-4-6-8-15)18-14(2)16-9-11-17(19-3)12-10-16/h4-14,18H,1-3H3/t13?,14-/m0/s1. The van der Waals surface area contributed by atoms with E-state index in [4.69, 9.17) is 4.74 Å². The second-order valence-corrected chi connectivity index (χ2v) is 4.79. The third kappa shape index (κ3) is 3.58. The molecule has 0 aliphatic heterocycles. The van der Waals surface area contributed by atoms with Crippen molar-refractivity contribution in [2.24, 2.45) is 0 Å². The van der Waals surface area contributed by atoms with Gasteiger partial charge in [0.05, 0.1) is 7.11 Å². The first-order chi connectivity index (χ1) is 9.20. The highest BCUT2D eigenvalue weighted by Crippen LogP contribution is 2.21. The van der Waals surface area contributed by atoms with Crippen molar-refractivity contribution in [1.82, 2.24) is 5.32 Å². The number of nitrogens with one attached hydrogen (secondary N) is 1. The van der Waals surface area contributed by atoms with Gasteiger partial charge in [-0.25, -0.2) is 0 Å². The molecular formula is C17H21NO. The predicted octanol–water partition coefficient (Wildman–Crippen LogP) is 4.11. The predicted molar refractivity (Wildman–Crippen MR) is 79.4 cm³/mol. The minimum absolute atomic E-state index is 0.307. The van der Waals surface area contributed by atoms with Crippen LogP contribution in [0.15, 0.2) is 54.6 Å². The largest absolute Gasteiger partial charge is 0.497 e. The third-order valence-electron chi connectivity index (χ3n) is 3.42. The highest BCUT2D eigenvalue weighted by Gasteiger charge is 2.10. The molecule has 0 aromatic heterocycles. The average molecular weight is 255 g/mol. The third-order valence-corrected chi connectivity index (χ3v) is 3.42. The van der Waals surface area contributed by atoms with Gasteiger partial charge in [0.1, 0.15) is 5.75 Å². The van der Waals surface area contributed by atoms with Gasteiger partial charge >= 0.3 is 0 Å². The molecule has 0 fully saturated rings. The Labute approximate surface area is 115 Å². The maximum atomic E-state index is 5.18. The minimum Gasteiger partial charge on any atom is -0.497 e. The Morgan fingerprint density at radius 3 is 1.84 bits per heavy atom. The van der Waals surface area contributed by atoms with Crippen LogP contribution < -0.4 is 10.1 Å². The van der Waals surface area contributed by atoms with Crippen molar-refractivity contribution < 1.29 is 4.74 Å². The fourth-order valence-corrected chi connectivity index (χ4v) is 2.20. The summed E-state index contributed by atoms with van der Waals surface area (Å²) in [6.07, 6.45) is 0. The second-order valence-electron chi connectivity index (χ2n) is 4.79. The van der Waals surface area contributed by atoms with Crippen molar-refractivity contribution in [2.75, 3.05) is 7.11 Å². The zero-order valence-corrected chi connectivity index (χ0v) is 11.8. The van der Waals surface area contributed by atoms with E-state index in [-0.39, 0.29) is 0 Å². The van der Waals surface area contributed by atoms with Gasteiger partial charge in [0.15, 0.2) is 0 Å². The van der Waals surface area contributed by atoms with Crippen LogP contribution in [0.4, 0.5) is 0 Å². The van der Waals surface area contributed by atoms with E-state index in [1.807, 2.05) is 18.2 Å². The summed E-state index contributed by atoms with van der Waals surface area (Å²) >= 11 is 0. The Bertz CT molecular complexity index is 492. The molecular weight excluding hydrogens is 234 g/mol. The zero-order valence-electron chi connectivity index (χ0n) is 11.8. The molecule has 0 bridgehead atoms. The van der Waals surface area contributed by atoms with E-state index >= 15 is 0 Å². The Balaban J connectivity index is 2.02. The van der Waals surface area contributed by atoms with Crippen molar-refractivity contribution in [3.8, 4) is 5.75 Å². The smallest absolute Gasteiger partial charge is 0.118 e. The van der Waals surface area contributed by atoms with Crippen molar-refractivity contribution in [3.05, 3.63) is 65.7 Å². The Kier molecular flexibility index (Phi) is 4.58. The summed E-state index contributed by atoms with van der Waals surface area (Å²) in [5.41, 5.74) is 2.58. The molecule has 2 rings (SSSR count). The molecule has 19 heavy (non-hydrogen) atoms. The number of hydrogen-bond acceptors (Lipinski definition) is 2. The van der Waals surface area contributed by atoms with E-state index in [2.05, 4.69) is 55.6 Å². The van der Waals surface area contributed by atoms with E-state index in [0.29, 0.717) is 12.1 Å². The first-order valence-corrected chi connectivity index (χ1v) is 6.65. The molecule has 1 N–H and O–H groups in total. The van der Waals surface area contributed by atoms with E-state index < -0.39 is 0 Å².